The van der Waals surface area contributed by atoms with Crippen molar-refractivity contribution in [2.45, 2.75) is 13.3 Å². The Morgan fingerprint density at radius 1 is 1.47 bits per heavy atom. The molecule has 15 heavy (non-hydrogen) atoms. The lowest BCUT2D eigenvalue weighted by Gasteiger charge is -2.26. The number of hydrogen-bond acceptors (Lipinski definition) is 4. The normalized spacial score (nSPS) is 17.4. The lowest BCUT2D eigenvalue weighted by Crippen LogP contribution is -2.41. The summed E-state index contributed by atoms with van der Waals surface area (Å²) in [5.41, 5.74) is 0. The lowest BCUT2D eigenvalue weighted by molar-refractivity contribution is 0.0383. The zero-order valence-electron chi connectivity index (χ0n) is 9.33. The van der Waals surface area contributed by atoms with Crippen molar-refractivity contribution in [1.29, 1.82) is 0 Å². The number of rotatable bonds is 5. The van der Waals surface area contributed by atoms with Gasteiger partial charge < -0.3 is 14.8 Å². The molecule has 5 nitrogen and oxygen atoms in total. The zero-order valence-corrected chi connectivity index (χ0v) is 9.33. The maximum absolute atomic E-state index is 11.1. The molecular weight excluding hydrogens is 196 g/mol. The molecule has 5 heteroatoms. The SMILES string of the molecule is CCCOC(=O)NCCN1CCOCC1. The summed E-state index contributed by atoms with van der Waals surface area (Å²) in [6.45, 7) is 7.45. The number of carbonyl (C=O) groups is 1. The molecule has 1 aliphatic rings. The third-order valence-electron chi connectivity index (χ3n) is 2.24. The average molecular weight is 216 g/mol. The first-order chi connectivity index (χ1) is 7.33. The second-order valence-corrected chi connectivity index (χ2v) is 3.52. The molecule has 1 rings (SSSR count). The minimum atomic E-state index is -0.315. The van der Waals surface area contributed by atoms with E-state index >= 15 is 0 Å². The van der Waals surface area contributed by atoms with E-state index in [-0.39, 0.29) is 6.09 Å². The van der Waals surface area contributed by atoms with Gasteiger partial charge in [0.1, 0.15) is 0 Å². The van der Waals surface area contributed by atoms with E-state index < -0.39 is 0 Å². The van der Waals surface area contributed by atoms with E-state index in [0.29, 0.717) is 13.2 Å². The van der Waals surface area contributed by atoms with Gasteiger partial charge in [0, 0.05) is 26.2 Å². The van der Waals surface area contributed by atoms with Gasteiger partial charge in [-0.3, -0.25) is 4.90 Å². The Kier molecular flexibility index (Phi) is 6.11. The maximum Gasteiger partial charge on any atom is 0.407 e. The van der Waals surface area contributed by atoms with Crippen LogP contribution in [0.4, 0.5) is 4.79 Å². The molecule has 0 saturated carbocycles. The van der Waals surface area contributed by atoms with Crippen LogP contribution in [0.25, 0.3) is 0 Å². The van der Waals surface area contributed by atoms with E-state index in [9.17, 15) is 4.79 Å². The van der Waals surface area contributed by atoms with Crippen LogP contribution in [0.15, 0.2) is 0 Å². The van der Waals surface area contributed by atoms with Crippen LogP contribution in [-0.4, -0.2) is 57.0 Å². The highest BCUT2D eigenvalue weighted by Crippen LogP contribution is 1.94. The van der Waals surface area contributed by atoms with Crippen molar-refractivity contribution >= 4 is 6.09 Å². The summed E-state index contributed by atoms with van der Waals surface area (Å²) in [6, 6.07) is 0. The Bertz CT molecular complexity index is 182. The third-order valence-corrected chi connectivity index (χ3v) is 2.24. The number of hydrogen-bond donors (Lipinski definition) is 1. The van der Waals surface area contributed by atoms with E-state index in [1.54, 1.807) is 0 Å². The predicted molar refractivity (Wildman–Crippen MR) is 56.9 cm³/mol. The summed E-state index contributed by atoms with van der Waals surface area (Å²) in [5.74, 6) is 0. The summed E-state index contributed by atoms with van der Waals surface area (Å²) in [6.07, 6.45) is 0.543. The molecule has 0 aromatic rings. The van der Waals surface area contributed by atoms with Gasteiger partial charge in [0.05, 0.1) is 19.8 Å². The molecular formula is C10H20N2O3. The molecule has 0 unspecified atom stereocenters. The van der Waals surface area contributed by atoms with Gasteiger partial charge in [0.2, 0.25) is 0 Å². The van der Waals surface area contributed by atoms with Crippen molar-refractivity contribution in [3.05, 3.63) is 0 Å². The maximum atomic E-state index is 11.1. The molecule has 1 amide bonds. The Labute approximate surface area is 90.7 Å². The summed E-state index contributed by atoms with van der Waals surface area (Å²) >= 11 is 0. The number of nitrogens with one attached hydrogen (secondary N) is 1. The summed E-state index contributed by atoms with van der Waals surface area (Å²) in [4.78, 5) is 13.3. The smallest absolute Gasteiger partial charge is 0.407 e. The van der Waals surface area contributed by atoms with Gasteiger partial charge in [-0.2, -0.15) is 0 Å². The molecule has 0 spiro atoms. The lowest BCUT2D eigenvalue weighted by atomic mass is 10.4. The summed E-state index contributed by atoms with van der Waals surface area (Å²) in [7, 11) is 0. The van der Waals surface area contributed by atoms with E-state index in [1.807, 2.05) is 6.92 Å². The van der Waals surface area contributed by atoms with Crippen LogP contribution in [0.2, 0.25) is 0 Å². The van der Waals surface area contributed by atoms with Crippen molar-refractivity contribution in [3.8, 4) is 0 Å². The minimum absolute atomic E-state index is 0.315. The van der Waals surface area contributed by atoms with Crippen molar-refractivity contribution in [3.63, 3.8) is 0 Å². The molecule has 1 saturated heterocycles. The molecule has 0 aromatic carbocycles. The van der Waals surface area contributed by atoms with E-state index in [1.165, 1.54) is 0 Å². The highest BCUT2D eigenvalue weighted by Gasteiger charge is 2.09. The number of nitrogens with zero attached hydrogens (tertiary/aromatic N) is 1. The van der Waals surface area contributed by atoms with Crippen molar-refractivity contribution in [2.75, 3.05) is 46.0 Å². The number of ether oxygens (including phenoxy) is 2. The second-order valence-electron chi connectivity index (χ2n) is 3.52. The summed E-state index contributed by atoms with van der Waals surface area (Å²) < 4.78 is 10.1. The van der Waals surface area contributed by atoms with Crippen LogP contribution in [0.3, 0.4) is 0 Å². The fraction of sp³-hybridized carbons (Fsp3) is 0.900. The molecule has 1 fully saturated rings. The van der Waals surface area contributed by atoms with Gasteiger partial charge in [-0.15, -0.1) is 0 Å². The molecule has 1 heterocycles. The van der Waals surface area contributed by atoms with Crippen molar-refractivity contribution in [1.82, 2.24) is 10.2 Å². The third kappa shape index (κ3) is 5.59. The van der Waals surface area contributed by atoms with E-state index in [4.69, 9.17) is 9.47 Å². The number of carbonyl (C=O) groups excluding carboxylic acids is 1. The van der Waals surface area contributed by atoms with Crippen LogP contribution >= 0.6 is 0 Å². The molecule has 0 aromatic heterocycles. The summed E-state index contributed by atoms with van der Waals surface area (Å²) in [5, 5.41) is 2.72. The fourth-order valence-corrected chi connectivity index (χ4v) is 1.39. The van der Waals surface area contributed by atoms with Crippen LogP contribution in [0.5, 0.6) is 0 Å². The quantitative estimate of drug-likeness (QED) is 0.725. The van der Waals surface area contributed by atoms with Crippen LogP contribution in [0.1, 0.15) is 13.3 Å². The van der Waals surface area contributed by atoms with Crippen molar-refractivity contribution in [2.24, 2.45) is 0 Å². The Morgan fingerprint density at radius 2 is 2.20 bits per heavy atom. The van der Waals surface area contributed by atoms with Gasteiger partial charge in [0.15, 0.2) is 0 Å². The van der Waals surface area contributed by atoms with Crippen LogP contribution in [0, 0.1) is 0 Å². The topological polar surface area (TPSA) is 50.8 Å². The van der Waals surface area contributed by atoms with Crippen molar-refractivity contribution < 1.29 is 14.3 Å². The van der Waals surface area contributed by atoms with E-state index in [0.717, 1.165) is 39.3 Å². The average Bonchev–Trinajstić information content (AvgIpc) is 2.28. The molecule has 0 bridgehead atoms. The van der Waals surface area contributed by atoms with Crippen LogP contribution < -0.4 is 5.32 Å². The molecule has 0 radical (unpaired) electrons. The van der Waals surface area contributed by atoms with Crippen LogP contribution in [-0.2, 0) is 9.47 Å². The van der Waals surface area contributed by atoms with Gasteiger partial charge in [-0.05, 0) is 6.42 Å². The molecule has 1 N–H and O–H groups in total. The Morgan fingerprint density at radius 3 is 2.87 bits per heavy atom. The number of amides is 1. The molecule has 1 aliphatic heterocycles. The number of morpholine rings is 1. The molecule has 0 aliphatic carbocycles. The van der Waals surface area contributed by atoms with Gasteiger partial charge in [-0.1, -0.05) is 6.92 Å². The standard InChI is InChI=1S/C10H20N2O3/c1-2-7-15-10(13)11-3-4-12-5-8-14-9-6-12/h2-9H2,1H3,(H,11,13). The minimum Gasteiger partial charge on any atom is -0.450 e. The first-order valence-electron chi connectivity index (χ1n) is 5.53. The Balaban J connectivity index is 1.97. The monoisotopic (exact) mass is 216 g/mol. The number of alkyl carbamates (subject to hydrolysis) is 1. The van der Waals surface area contributed by atoms with Gasteiger partial charge >= 0.3 is 6.09 Å². The molecule has 88 valence electrons. The van der Waals surface area contributed by atoms with Gasteiger partial charge in [-0.25, -0.2) is 4.79 Å². The Hall–Kier alpha value is -0.810. The van der Waals surface area contributed by atoms with E-state index in [2.05, 4.69) is 10.2 Å². The zero-order chi connectivity index (χ0) is 10.9. The highest BCUT2D eigenvalue weighted by atomic mass is 16.5. The largest absolute Gasteiger partial charge is 0.450 e. The first-order valence-corrected chi connectivity index (χ1v) is 5.53. The first kappa shape index (κ1) is 12.3. The van der Waals surface area contributed by atoms with Gasteiger partial charge in [0.25, 0.3) is 0 Å². The molecule has 0 atom stereocenters. The highest BCUT2D eigenvalue weighted by molar-refractivity contribution is 5.66. The fourth-order valence-electron chi connectivity index (χ4n) is 1.39. The second kappa shape index (κ2) is 7.48. The predicted octanol–water partition coefficient (Wildman–Crippen LogP) is 0.455.